The van der Waals surface area contributed by atoms with Gasteiger partial charge in [0.05, 0.1) is 22.9 Å². The summed E-state index contributed by atoms with van der Waals surface area (Å²) in [4.78, 5) is 23.0. The van der Waals surface area contributed by atoms with Crippen LogP contribution < -0.4 is 15.5 Å². The highest BCUT2D eigenvalue weighted by Gasteiger charge is 2.30. The first-order valence-electron chi connectivity index (χ1n) is 10.5. The normalized spacial score (nSPS) is 15.3. The number of anilines is 2. The van der Waals surface area contributed by atoms with Crippen molar-refractivity contribution in [3.05, 3.63) is 70.7 Å². The van der Waals surface area contributed by atoms with Gasteiger partial charge in [-0.1, -0.05) is 6.07 Å². The Morgan fingerprint density at radius 2 is 1.88 bits per heavy atom. The lowest BCUT2D eigenvalue weighted by Crippen LogP contribution is -2.36. The predicted molar refractivity (Wildman–Crippen MR) is 126 cm³/mol. The van der Waals surface area contributed by atoms with E-state index in [0.717, 1.165) is 30.9 Å². The van der Waals surface area contributed by atoms with Crippen molar-refractivity contribution in [1.82, 2.24) is 10.3 Å². The number of halogens is 3. The van der Waals surface area contributed by atoms with Gasteiger partial charge in [0.2, 0.25) is 5.96 Å². The molecule has 0 unspecified atom stereocenters. The molecule has 34 heavy (non-hydrogen) atoms. The second-order valence-corrected chi connectivity index (χ2v) is 8.45. The van der Waals surface area contributed by atoms with Crippen molar-refractivity contribution in [2.24, 2.45) is 4.99 Å². The van der Waals surface area contributed by atoms with Gasteiger partial charge in [0, 0.05) is 29.8 Å². The van der Waals surface area contributed by atoms with Crippen LogP contribution in [0.3, 0.4) is 0 Å². The maximum atomic E-state index is 13.1. The van der Waals surface area contributed by atoms with Crippen molar-refractivity contribution in [3.63, 3.8) is 0 Å². The Morgan fingerprint density at radius 1 is 1.15 bits per heavy atom. The number of aromatic nitrogens is 1. The van der Waals surface area contributed by atoms with E-state index in [2.05, 4.69) is 25.5 Å². The minimum absolute atomic E-state index is 0.0360. The number of nitrogens with zero attached hydrogens (tertiary/aromatic N) is 3. The number of benzene rings is 2. The number of aliphatic hydroxyl groups excluding tert-OH is 1. The number of guanidine groups is 1. The molecule has 7 nitrogen and oxygen atoms in total. The van der Waals surface area contributed by atoms with Gasteiger partial charge < -0.3 is 15.3 Å². The summed E-state index contributed by atoms with van der Waals surface area (Å²) in [5.41, 5.74) is 2.45. The molecule has 2 heterocycles. The van der Waals surface area contributed by atoms with Crippen molar-refractivity contribution in [3.8, 4) is 0 Å². The minimum Gasteiger partial charge on any atom is -0.393 e. The zero-order chi connectivity index (χ0) is 24.1. The third kappa shape index (κ3) is 6.12. The number of carbonyl (C=O) groups is 1. The van der Waals surface area contributed by atoms with Gasteiger partial charge >= 0.3 is 6.18 Å². The molecule has 1 amide bonds. The molecule has 3 N–H and O–H groups in total. The van der Waals surface area contributed by atoms with Gasteiger partial charge in [0.15, 0.2) is 0 Å². The third-order valence-electron chi connectivity index (χ3n) is 5.27. The van der Waals surface area contributed by atoms with Crippen LogP contribution in [-0.2, 0) is 6.18 Å². The number of alkyl halides is 3. The fourth-order valence-corrected chi connectivity index (χ4v) is 4.02. The van der Waals surface area contributed by atoms with Crippen molar-refractivity contribution in [2.45, 2.75) is 25.1 Å². The smallest absolute Gasteiger partial charge is 0.393 e. The van der Waals surface area contributed by atoms with E-state index in [1.54, 1.807) is 17.5 Å². The third-order valence-corrected chi connectivity index (χ3v) is 5.86. The average molecular weight is 490 g/mol. The van der Waals surface area contributed by atoms with Gasteiger partial charge in [-0.25, -0.2) is 9.98 Å². The quantitative estimate of drug-likeness (QED) is 0.367. The van der Waals surface area contributed by atoms with Crippen molar-refractivity contribution >= 4 is 40.3 Å². The number of nitrogens with one attached hydrogen (secondary N) is 2. The van der Waals surface area contributed by atoms with Crippen LogP contribution in [0.15, 0.2) is 64.4 Å². The predicted octanol–water partition coefficient (Wildman–Crippen LogP) is 4.65. The summed E-state index contributed by atoms with van der Waals surface area (Å²) in [6, 6.07) is 11.9. The number of hydrogen-bond donors (Lipinski definition) is 3. The number of aliphatic hydroxyl groups is 1. The monoisotopic (exact) mass is 489 g/mol. The summed E-state index contributed by atoms with van der Waals surface area (Å²) in [5.74, 6) is -0.575. The molecule has 1 fully saturated rings. The number of thiazole rings is 1. The summed E-state index contributed by atoms with van der Waals surface area (Å²) in [5, 5.41) is 16.6. The molecule has 0 spiro atoms. The summed E-state index contributed by atoms with van der Waals surface area (Å²) in [6.07, 6.45) is -3.37. The molecular formula is C23H22F3N5O2S. The van der Waals surface area contributed by atoms with Crippen LogP contribution in [0.1, 0.15) is 28.9 Å². The first-order chi connectivity index (χ1) is 16.3. The van der Waals surface area contributed by atoms with Crippen LogP contribution in [0.5, 0.6) is 0 Å². The van der Waals surface area contributed by atoms with E-state index in [1.807, 2.05) is 12.1 Å². The molecule has 2 aromatic carbocycles. The fraction of sp³-hybridized carbons (Fsp3) is 0.261. The molecular weight excluding hydrogens is 467 g/mol. The number of piperidine rings is 1. The standard InChI is InChI=1S/C23H22F3N5O2S/c24-23(25,26)15-2-1-3-17(12-15)29-22(30-21(33)20-13-34-14-27-20)28-16-4-6-18(7-5-16)31-10-8-19(32)9-11-31/h1-7,12-14,19,32H,8-11H2,(H2,28,29,30,33). The Morgan fingerprint density at radius 3 is 2.53 bits per heavy atom. The number of carbonyl (C=O) groups excluding carboxylic acids is 1. The molecule has 0 aliphatic carbocycles. The molecule has 0 saturated carbocycles. The number of rotatable bonds is 4. The van der Waals surface area contributed by atoms with Crippen molar-refractivity contribution in [2.75, 3.05) is 23.3 Å². The number of aliphatic imine (C=N–C) groups is 1. The summed E-state index contributed by atoms with van der Waals surface area (Å²) >= 11 is 1.25. The molecule has 1 aliphatic rings. The Kier molecular flexibility index (Phi) is 7.13. The van der Waals surface area contributed by atoms with E-state index in [0.29, 0.717) is 18.5 Å². The maximum Gasteiger partial charge on any atom is 0.416 e. The molecule has 1 aromatic heterocycles. The van der Waals surface area contributed by atoms with Crippen LogP contribution >= 0.6 is 11.3 Å². The summed E-state index contributed by atoms with van der Waals surface area (Å²) in [7, 11) is 0. The van der Waals surface area contributed by atoms with Gasteiger partial charge in [0.1, 0.15) is 5.69 Å². The van der Waals surface area contributed by atoms with Gasteiger partial charge in [0.25, 0.3) is 5.91 Å². The zero-order valence-electron chi connectivity index (χ0n) is 17.9. The van der Waals surface area contributed by atoms with Crippen LogP contribution in [0.2, 0.25) is 0 Å². The lowest BCUT2D eigenvalue weighted by atomic mass is 10.1. The van der Waals surface area contributed by atoms with E-state index in [4.69, 9.17) is 0 Å². The van der Waals surface area contributed by atoms with Crippen LogP contribution in [-0.4, -0.2) is 41.2 Å². The Hall–Kier alpha value is -3.44. The second-order valence-electron chi connectivity index (χ2n) is 7.73. The molecule has 11 heteroatoms. The number of hydrogen-bond acceptors (Lipinski definition) is 6. The van der Waals surface area contributed by atoms with Gasteiger partial charge in [-0.05, 0) is 55.3 Å². The molecule has 3 aromatic rings. The Bertz CT molecular complexity index is 1140. The molecule has 1 saturated heterocycles. The molecule has 4 rings (SSSR count). The largest absolute Gasteiger partial charge is 0.416 e. The van der Waals surface area contributed by atoms with Crippen LogP contribution in [0, 0.1) is 0 Å². The SMILES string of the molecule is O=C(NC(=Nc1ccc(N2CCC(O)CC2)cc1)Nc1cccc(C(F)(F)F)c1)c1cscn1. The first kappa shape index (κ1) is 23.7. The average Bonchev–Trinajstić information content (AvgIpc) is 3.35. The molecule has 0 atom stereocenters. The van der Waals surface area contributed by atoms with Crippen LogP contribution in [0.4, 0.5) is 30.2 Å². The van der Waals surface area contributed by atoms with E-state index in [-0.39, 0.29) is 23.4 Å². The lowest BCUT2D eigenvalue weighted by molar-refractivity contribution is -0.137. The van der Waals surface area contributed by atoms with E-state index < -0.39 is 17.6 Å². The van der Waals surface area contributed by atoms with E-state index in [1.165, 1.54) is 29.0 Å². The Labute approximate surface area is 198 Å². The van der Waals surface area contributed by atoms with Crippen molar-refractivity contribution in [1.29, 1.82) is 0 Å². The maximum absolute atomic E-state index is 13.1. The van der Waals surface area contributed by atoms with Crippen LogP contribution in [0.25, 0.3) is 0 Å². The lowest BCUT2D eigenvalue weighted by Gasteiger charge is -2.31. The molecule has 178 valence electrons. The molecule has 1 aliphatic heterocycles. The van der Waals surface area contributed by atoms with Gasteiger partial charge in [-0.2, -0.15) is 13.2 Å². The van der Waals surface area contributed by atoms with Crippen molar-refractivity contribution < 1.29 is 23.1 Å². The summed E-state index contributed by atoms with van der Waals surface area (Å²) in [6.45, 7) is 1.49. The number of amides is 1. The highest BCUT2D eigenvalue weighted by Crippen LogP contribution is 2.31. The van der Waals surface area contributed by atoms with Gasteiger partial charge in [-0.3, -0.25) is 10.1 Å². The highest BCUT2D eigenvalue weighted by molar-refractivity contribution is 7.07. The zero-order valence-corrected chi connectivity index (χ0v) is 18.7. The summed E-state index contributed by atoms with van der Waals surface area (Å²) < 4.78 is 39.3. The fourth-order valence-electron chi connectivity index (χ4n) is 3.48. The Balaban J connectivity index is 1.56. The molecule has 0 radical (unpaired) electrons. The topological polar surface area (TPSA) is 89.9 Å². The van der Waals surface area contributed by atoms with Gasteiger partial charge in [-0.15, -0.1) is 11.3 Å². The first-order valence-corrected chi connectivity index (χ1v) is 11.5. The van der Waals surface area contributed by atoms with E-state index >= 15 is 0 Å². The highest BCUT2D eigenvalue weighted by atomic mass is 32.1. The minimum atomic E-state index is -4.50. The van der Waals surface area contributed by atoms with E-state index in [9.17, 15) is 23.1 Å². The molecule has 0 bridgehead atoms. The second kappa shape index (κ2) is 10.2.